The molecule has 3 rings (SSSR count). The molecule has 2 aromatic rings. The summed E-state index contributed by atoms with van der Waals surface area (Å²) in [5.41, 5.74) is 1.69. The second-order valence-corrected chi connectivity index (χ2v) is 8.61. The maximum atomic E-state index is 12.6. The lowest BCUT2D eigenvalue weighted by Crippen LogP contribution is -2.30. The summed E-state index contributed by atoms with van der Waals surface area (Å²) in [7, 11) is 0. The number of fused-ring (bicyclic) bond motifs is 1. The molecule has 0 aliphatic heterocycles. The van der Waals surface area contributed by atoms with Gasteiger partial charge in [0.1, 0.15) is 16.8 Å². The quantitative estimate of drug-likeness (QED) is 0.657. The fraction of sp³-hybridized carbons (Fsp3) is 0.400. The smallest absolute Gasteiger partial charge is 0.265 e. The van der Waals surface area contributed by atoms with Crippen LogP contribution in [0.3, 0.4) is 0 Å². The van der Waals surface area contributed by atoms with Crippen molar-refractivity contribution < 1.29 is 9.53 Å². The third-order valence-electron chi connectivity index (χ3n) is 4.86. The Morgan fingerprint density at radius 3 is 2.93 bits per heavy atom. The van der Waals surface area contributed by atoms with E-state index in [2.05, 4.69) is 18.3 Å². The van der Waals surface area contributed by atoms with Gasteiger partial charge in [0.25, 0.3) is 5.91 Å². The molecule has 1 heterocycles. The van der Waals surface area contributed by atoms with Crippen molar-refractivity contribution in [2.45, 2.75) is 45.6 Å². The van der Waals surface area contributed by atoms with Crippen LogP contribution in [0, 0.1) is 17.2 Å². The topological polar surface area (TPSA) is 62.1 Å². The zero-order chi connectivity index (χ0) is 19.6. The van der Waals surface area contributed by atoms with Crippen LogP contribution in [-0.2, 0) is 17.6 Å². The third kappa shape index (κ3) is 4.40. The number of anilines is 1. The molecule has 0 spiro atoms. The van der Waals surface area contributed by atoms with Crippen molar-refractivity contribution in [3.05, 3.63) is 44.2 Å². The molecule has 7 heteroatoms. The van der Waals surface area contributed by atoms with Crippen LogP contribution in [0.2, 0.25) is 10.0 Å². The first kappa shape index (κ1) is 20.0. The number of amides is 1. The molecule has 2 atom stereocenters. The normalized spacial score (nSPS) is 16.9. The van der Waals surface area contributed by atoms with E-state index in [1.54, 1.807) is 25.1 Å². The SMILES string of the molecule is CCC1CCc2c(sc(NC(=O)C(C)Oc3ccc(Cl)cc3Cl)c2C#N)C1. The van der Waals surface area contributed by atoms with E-state index in [4.69, 9.17) is 27.9 Å². The summed E-state index contributed by atoms with van der Waals surface area (Å²) in [6.45, 7) is 3.84. The molecule has 0 saturated heterocycles. The van der Waals surface area contributed by atoms with Gasteiger partial charge in [0.05, 0.1) is 10.6 Å². The second kappa shape index (κ2) is 8.52. The maximum absolute atomic E-state index is 12.6. The Labute approximate surface area is 173 Å². The number of halogens is 2. The van der Waals surface area contributed by atoms with Crippen LogP contribution < -0.4 is 10.1 Å². The summed E-state index contributed by atoms with van der Waals surface area (Å²) in [6.07, 6.45) is 3.34. The molecule has 4 nitrogen and oxygen atoms in total. The van der Waals surface area contributed by atoms with Crippen molar-refractivity contribution in [1.29, 1.82) is 5.26 Å². The Balaban J connectivity index is 1.74. The van der Waals surface area contributed by atoms with Gasteiger partial charge in [-0.15, -0.1) is 11.3 Å². The predicted octanol–water partition coefficient (Wildman–Crippen LogP) is 5.85. The van der Waals surface area contributed by atoms with E-state index in [0.29, 0.717) is 32.3 Å². The number of rotatable bonds is 5. The Kier molecular flexibility index (Phi) is 6.31. The Hall–Kier alpha value is -1.74. The summed E-state index contributed by atoms with van der Waals surface area (Å²) in [5, 5.41) is 13.9. The Morgan fingerprint density at radius 1 is 1.48 bits per heavy atom. The molecule has 0 radical (unpaired) electrons. The number of hydrogen-bond acceptors (Lipinski definition) is 4. The van der Waals surface area contributed by atoms with Crippen LogP contribution >= 0.6 is 34.5 Å². The lowest BCUT2D eigenvalue weighted by molar-refractivity contribution is -0.122. The molecular formula is C20H20Cl2N2O2S. The Morgan fingerprint density at radius 2 is 2.26 bits per heavy atom. The van der Waals surface area contributed by atoms with E-state index in [9.17, 15) is 10.1 Å². The second-order valence-electron chi connectivity index (χ2n) is 6.66. The first-order chi connectivity index (χ1) is 12.9. The molecular weight excluding hydrogens is 403 g/mol. The number of ether oxygens (including phenoxy) is 1. The van der Waals surface area contributed by atoms with Crippen LogP contribution in [0.5, 0.6) is 5.75 Å². The van der Waals surface area contributed by atoms with Gasteiger partial charge < -0.3 is 10.1 Å². The van der Waals surface area contributed by atoms with Gasteiger partial charge in [-0.25, -0.2) is 0 Å². The molecule has 142 valence electrons. The highest BCUT2D eigenvalue weighted by atomic mass is 35.5. The van der Waals surface area contributed by atoms with Crippen LogP contribution in [0.15, 0.2) is 18.2 Å². The summed E-state index contributed by atoms with van der Waals surface area (Å²) >= 11 is 13.5. The number of nitrogens with zero attached hydrogens (tertiary/aromatic N) is 1. The molecule has 1 aromatic carbocycles. The fourth-order valence-corrected chi connectivity index (χ4v) is 5.01. The standard InChI is InChI=1S/C20H20Cl2N2O2S/c1-3-12-4-6-14-15(10-23)20(27-18(14)8-12)24-19(25)11(2)26-17-7-5-13(21)9-16(17)22/h5,7,9,11-12H,3-4,6,8H2,1-2H3,(H,24,25). The van der Waals surface area contributed by atoms with E-state index in [1.807, 2.05) is 0 Å². The fourth-order valence-electron chi connectivity index (χ4n) is 3.24. The zero-order valence-electron chi connectivity index (χ0n) is 15.1. The minimum Gasteiger partial charge on any atom is -0.479 e. The van der Waals surface area contributed by atoms with E-state index in [1.165, 1.54) is 16.2 Å². The summed E-state index contributed by atoms with van der Waals surface area (Å²) < 4.78 is 5.66. The van der Waals surface area contributed by atoms with E-state index < -0.39 is 6.10 Å². The van der Waals surface area contributed by atoms with Crippen molar-refractivity contribution in [3.63, 3.8) is 0 Å². The van der Waals surface area contributed by atoms with Gasteiger partial charge in [-0.1, -0.05) is 36.5 Å². The highest BCUT2D eigenvalue weighted by Gasteiger charge is 2.27. The van der Waals surface area contributed by atoms with Gasteiger partial charge in [0.2, 0.25) is 0 Å². The first-order valence-electron chi connectivity index (χ1n) is 8.90. The predicted molar refractivity (Wildman–Crippen MR) is 110 cm³/mol. The molecule has 1 aromatic heterocycles. The molecule has 1 aliphatic rings. The lowest BCUT2D eigenvalue weighted by Gasteiger charge is -2.20. The largest absolute Gasteiger partial charge is 0.479 e. The third-order valence-corrected chi connectivity index (χ3v) is 6.56. The average Bonchev–Trinajstić information content (AvgIpc) is 2.99. The number of carbonyl (C=O) groups is 1. The van der Waals surface area contributed by atoms with Crippen molar-refractivity contribution in [2.75, 3.05) is 5.32 Å². The van der Waals surface area contributed by atoms with Crippen LogP contribution in [0.25, 0.3) is 0 Å². The lowest BCUT2D eigenvalue weighted by atomic mass is 9.86. The molecule has 27 heavy (non-hydrogen) atoms. The molecule has 2 unspecified atom stereocenters. The van der Waals surface area contributed by atoms with E-state index in [0.717, 1.165) is 31.2 Å². The van der Waals surface area contributed by atoms with Crippen molar-refractivity contribution in [1.82, 2.24) is 0 Å². The average molecular weight is 423 g/mol. The number of thiophene rings is 1. The van der Waals surface area contributed by atoms with Gasteiger partial charge >= 0.3 is 0 Å². The summed E-state index contributed by atoms with van der Waals surface area (Å²) in [4.78, 5) is 13.8. The number of benzene rings is 1. The van der Waals surface area contributed by atoms with Crippen LogP contribution in [0.4, 0.5) is 5.00 Å². The molecule has 0 fully saturated rings. The number of hydrogen-bond donors (Lipinski definition) is 1. The Bertz CT molecular complexity index is 904. The highest BCUT2D eigenvalue weighted by Crippen LogP contribution is 2.40. The van der Waals surface area contributed by atoms with Gasteiger partial charge in [-0.05, 0) is 55.9 Å². The molecule has 1 aliphatic carbocycles. The van der Waals surface area contributed by atoms with E-state index in [-0.39, 0.29) is 5.91 Å². The van der Waals surface area contributed by atoms with Gasteiger partial charge in [-0.2, -0.15) is 5.26 Å². The number of nitrogens with one attached hydrogen (secondary N) is 1. The monoisotopic (exact) mass is 422 g/mol. The maximum Gasteiger partial charge on any atom is 0.265 e. The van der Waals surface area contributed by atoms with E-state index >= 15 is 0 Å². The van der Waals surface area contributed by atoms with Gasteiger partial charge in [0.15, 0.2) is 6.10 Å². The highest BCUT2D eigenvalue weighted by molar-refractivity contribution is 7.16. The van der Waals surface area contributed by atoms with Crippen LogP contribution in [0.1, 0.15) is 42.7 Å². The number of nitriles is 1. The van der Waals surface area contributed by atoms with Crippen molar-refractivity contribution >= 4 is 45.4 Å². The molecule has 1 amide bonds. The van der Waals surface area contributed by atoms with Crippen molar-refractivity contribution in [2.24, 2.45) is 5.92 Å². The van der Waals surface area contributed by atoms with Gasteiger partial charge in [0, 0.05) is 9.90 Å². The molecule has 0 bridgehead atoms. The number of carbonyl (C=O) groups excluding carboxylic acids is 1. The summed E-state index contributed by atoms with van der Waals surface area (Å²) in [6, 6.07) is 7.11. The first-order valence-corrected chi connectivity index (χ1v) is 10.5. The molecule has 1 N–H and O–H groups in total. The van der Waals surface area contributed by atoms with Gasteiger partial charge in [-0.3, -0.25) is 4.79 Å². The molecule has 0 saturated carbocycles. The summed E-state index contributed by atoms with van der Waals surface area (Å²) in [5.74, 6) is 0.726. The minimum absolute atomic E-state index is 0.317. The van der Waals surface area contributed by atoms with Crippen molar-refractivity contribution in [3.8, 4) is 11.8 Å². The minimum atomic E-state index is -0.766. The van der Waals surface area contributed by atoms with Crippen LogP contribution in [-0.4, -0.2) is 12.0 Å². The zero-order valence-corrected chi connectivity index (χ0v) is 17.5.